The highest BCUT2D eigenvalue weighted by Gasteiger charge is 2.29. The average Bonchev–Trinajstić information content (AvgIpc) is 2.30. The third kappa shape index (κ3) is 3.09. The highest BCUT2D eigenvalue weighted by atomic mass is 127. The van der Waals surface area contributed by atoms with Crippen LogP contribution in [0.5, 0.6) is 0 Å². The molecule has 2 fully saturated rings. The lowest BCUT2D eigenvalue weighted by Gasteiger charge is -2.44. The number of hydrogen-bond acceptors (Lipinski definition) is 3. The summed E-state index contributed by atoms with van der Waals surface area (Å²) >= 11 is 2.45. The van der Waals surface area contributed by atoms with Gasteiger partial charge in [-0.05, 0) is 32.9 Å². The van der Waals surface area contributed by atoms with Gasteiger partial charge in [0.25, 0.3) is 0 Å². The summed E-state index contributed by atoms with van der Waals surface area (Å²) < 4.78 is 2.42. The van der Waals surface area contributed by atoms with E-state index in [-0.39, 0.29) is 0 Å². The lowest BCUT2D eigenvalue weighted by Crippen LogP contribution is -2.53. The molecule has 3 nitrogen and oxygen atoms in total. The third-order valence-corrected chi connectivity index (χ3v) is 5.13. The summed E-state index contributed by atoms with van der Waals surface area (Å²) in [7, 11) is 0. The molecule has 4 heteroatoms. The fourth-order valence-electron chi connectivity index (χ4n) is 3.06. The first-order valence-electron chi connectivity index (χ1n) is 6.59. The fraction of sp³-hybridized carbons (Fsp3) is 1.00. The van der Waals surface area contributed by atoms with Crippen LogP contribution in [-0.4, -0.2) is 64.3 Å². The number of rotatable bonds is 2. The molecule has 0 aromatic rings. The van der Waals surface area contributed by atoms with Crippen LogP contribution in [0, 0.1) is 0 Å². The van der Waals surface area contributed by atoms with Crippen molar-refractivity contribution in [2.75, 3.05) is 39.3 Å². The van der Waals surface area contributed by atoms with Crippen LogP contribution in [0.1, 0.15) is 26.7 Å². The number of piperazine rings is 1. The maximum Gasteiger partial charge on any atom is 0.0209 e. The van der Waals surface area contributed by atoms with Crippen LogP contribution < -0.4 is 0 Å². The molecule has 1 unspecified atom stereocenters. The molecular weight excluding hydrogens is 313 g/mol. The zero-order valence-corrected chi connectivity index (χ0v) is 12.7. The molecule has 0 amide bonds. The number of halogens is 1. The van der Waals surface area contributed by atoms with Gasteiger partial charge >= 0.3 is 0 Å². The van der Waals surface area contributed by atoms with Crippen LogP contribution in [0.15, 0.2) is 0 Å². The average molecular weight is 337 g/mol. The van der Waals surface area contributed by atoms with Gasteiger partial charge < -0.3 is 4.90 Å². The largest absolute Gasteiger partial charge is 0.301 e. The van der Waals surface area contributed by atoms with E-state index in [4.69, 9.17) is 0 Å². The molecule has 0 aliphatic carbocycles. The Balaban J connectivity index is 1.83. The van der Waals surface area contributed by atoms with E-state index in [1.807, 2.05) is 0 Å². The summed E-state index contributed by atoms with van der Waals surface area (Å²) in [6, 6.07) is 1.63. The SMILES string of the molecule is CCN1CCC(N2CCN(I)CC2)C[C@H]1C. The van der Waals surface area contributed by atoms with Crippen LogP contribution >= 0.6 is 22.9 Å². The predicted molar refractivity (Wildman–Crippen MR) is 76.9 cm³/mol. The molecule has 2 aliphatic rings. The minimum absolute atomic E-state index is 0.779. The molecule has 2 saturated heterocycles. The van der Waals surface area contributed by atoms with Crippen molar-refractivity contribution in [2.24, 2.45) is 0 Å². The highest BCUT2D eigenvalue weighted by molar-refractivity contribution is 14.1. The first-order valence-corrected chi connectivity index (χ1v) is 7.56. The van der Waals surface area contributed by atoms with Gasteiger partial charge in [0.05, 0.1) is 0 Å². The zero-order valence-electron chi connectivity index (χ0n) is 10.5. The summed E-state index contributed by atoms with van der Waals surface area (Å²) in [5.74, 6) is 0. The smallest absolute Gasteiger partial charge is 0.0209 e. The summed E-state index contributed by atoms with van der Waals surface area (Å²) in [5, 5.41) is 0. The van der Waals surface area contributed by atoms with E-state index >= 15 is 0 Å². The Morgan fingerprint density at radius 3 is 2.38 bits per heavy atom. The number of nitrogens with zero attached hydrogens (tertiary/aromatic N) is 3. The van der Waals surface area contributed by atoms with Crippen molar-refractivity contribution in [3.63, 3.8) is 0 Å². The summed E-state index contributed by atoms with van der Waals surface area (Å²) in [6.07, 6.45) is 2.74. The number of piperidine rings is 1. The number of hydrogen-bond donors (Lipinski definition) is 0. The van der Waals surface area contributed by atoms with Gasteiger partial charge in [-0.2, -0.15) is 0 Å². The normalized spacial score (nSPS) is 35.4. The predicted octanol–water partition coefficient (Wildman–Crippen LogP) is 1.83. The molecule has 0 aromatic carbocycles. The van der Waals surface area contributed by atoms with Gasteiger partial charge in [-0.3, -0.25) is 4.90 Å². The molecule has 2 rings (SSSR count). The van der Waals surface area contributed by atoms with E-state index in [0.717, 1.165) is 12.1 Å². The Hall–Kier alpha value is 0.610. The van der Waals surface area contributed by atoms with Crippen molar-refractivity contribution in [3.8, 4) is 0 Å². The quantitative estimate of drug-likeness (QED) is 0.562. The summed E-state index contributed by atoms with van der Waals surface area (Å²) in [4.78, 5) is 5.34. The van der Waals surface area contributed by atoms with Crippen LogP contribution in [-0.2, 0) is 0 Å². The van der Waals surface area contributed by atoms with E-state index in [1.54, 1.807) is 0 Å². The molecular formula is C12H24IN3. The fourth-order valence-corrected chi connectivity index (χ4v) is 3.49. The van der Waals surface area contributed by atoms with Crippen molar-refractivity contribution in [3.05, 3.63) is 0 Å². The standard InChI is InChI=1S/C12H24IN3/c1-3-14-5-4-12(10-11(14)2)15-6-8-16(13)9-7-15/h11-12H,3-10H2,1-2H3/t11-,12?/m1/s1. The Bertz CT molecular complexity index is 216. The van der Waals surface area contributed by atoms with E-state index < -0.39 is 0 Å². The molecule has 2 atom stereocenters. The second-order valence-electron chi connectivity index (χ2n) is 5.10. The highest BCUT2D eigenvalue weighted by Crippen LogP contribution is 2.23. The molecule has 0 spiro atoms. The Labute approximate surface area is 114 Å². The molecule has 0 N–H and O–H groups in total. The van der Waals surface area contributed by atoms with Crippen LogP contribution in [0.25, 0.3) is 0 Å². The van der Waals surface area contributed by atoms with Crippen molar-refractivity contribution >= 4 is 22.9 Å². The van der Waals surface area contributed by atoms with Crippen LogP contribution in [0.2, 0.25) is 0 Å². The minimum atomic E-state index is 0.779. The third-order valence-electron chi connectivity index (χ3n) is 4.17. The van der Waals surface area contributed by atoms with Crippen LogP contribution in [0.3, 0.4) is 0 Å². The molecule has 2 aliphatic heterocycles. The van der Waals surface area contributed by atoms with Crippen molar-refractivity contribution in [2.45, 2.75) is 38.8 Å². The molecule has 94 valence electrons. The van der Waals surface area contributed by atoms with Crippen molar-refractivity contribution in [1.82, 2.24) is 12.9 Å². The minimum Gasteiger partial charge on any atom is -0.301 e. The van der Waals surface area contributed by atoms with Gasteiger partial charge in [0.15, 0.2) is 0 Å². The second kappa shape index (κ2) is 5.98. The molecule has 0 radical (unpaired) electrons. The number of likely N-dealkylation sites (tertiary alicyclic amines) is 1. The van der Waals surface area contributed by atoms with Gasteiger partial charge in [0.1, 0.15) is 0 Å². The molecule has 0 saturated carbocycles. The Morgan fingerprint density at radius 2 is 1.81 bits per heavy atom. The Morgan fingerprint density at radius 1 is 1.12 bits per heavy atom. The molecule has 16 heavy (non-hydrogen) atoms. The zero-order chi connectivity index (χ0) is 11.5. The van der Waals surface area contributed by atoms with E-state index in [1.165, 1.54) is 52.1 Å². The first kappa shape index (κ1) is 13.1. The van der Waals surface area contributed by atoms with Gasteiger partial charge in [0, 0.05) is 61.1 Å². The van der Waals surface area contributed by atoms with E-state index in [0.29, 0.717) is 0 Å². The molecule has 2 heterocycles. The lowest BCUT2D eigenvalue weighted by atomic mass is 9.96. The summed E-state index contributed by atoms with van der Waals surface area (Å²) in [5.41, 5.74) is 0. The maximum absolute atomic E-state index is 2.72. The Kier molecular flexibility index (Phi) is 4.88. The lowest BCUT2D eigenvalue weighted by molar-refractivity contribution is 0.0603. The maximum atomic E-state index is 2.72. The molecule has 0 bridgehead atoms. The van der Waals surface area contributed by atoms with Crippen molar-refractivity contribution < 1.29 is 0 Å². The van der Waals surface area contributed by atoms with E-state index in [9.17, 15) is 0 Å². The van der Waals surface area contributed by atoms with Gasteiger partial charge in [-0.15, -0.1) is 0 Å². The summed E-state index contributed by atoms with van der Waals surface area (Å²) in [6.45, 7) is 12.2. The van der Waals surface area contributed by atoms with Crippen molar-refractivity contribution in [1.29, 1.82) is 0 Å². The second-order valence-corrected chi connectivity index (χ2v) is 6.47. The first-order chi connectivity index (χ1) is 7.70. The van der Waals surface area contributed by atoms with Gasteiger partial charge in [-0.1, -0.05) is 6.92 Å². The molecule has 0 aromatic heterocycles. The van der Waals surface area contributed by atoms with E-state index in [2.05, 4.69) is 49.6 Å². The topological polar surface area (TPSA) is 9.72 Å². The van der Waals surface area contributed by atoms with Gasteiger partial charge in [-0.25, -0.2) is 3.11 Å². The van der Waals surface area contributed by atoms with Crippen LogP contribution in [0.4, 0.5) is 0 Å². The monoisotopic (exact) mass is 337 g/mol. The van der Waals surface area contributed by atoms with Gasteiger partial charge in [0.2, 0.25) is 0 Å².